The standard InChI is InChI=1S/C7H14NS/c1-3-8(4-2)6-5-7-9/h3-6H2,1-2H3. The van der Waals surface area contributed by atoms with Crippen LogP contribution in [0.15, 0.2) is 0 Å². The molecule has 1 radical (unpaired) electrons. The van der Waals surface area contributed by atoms with Crippen molar-refractivity contribution in [2.45, 2.75) is 20.3 Å². The van der Waals surface area contributed by atoms with E-state index >= 15 is 0 Å². The summed E-state index contributed by atoms with van der Waals surface area (Å²) >= 11 is 4.59. The van der Waals surface area contributed by atoms with Crippen molar-refractivity contribution < 1.29 is 0 Å². The molecule has 0 aliphatic rings. The maximum absolute atomic E-state index is 4.59. The fourth-order valence-corrected chi connectivity index (χ4v) is 0.835. The minimum absolute atomic E-state index is 0.914. The Hall–Kier alpha value is 0.0500. The maximum Gasteiger partial charge on any atom is 0.0304 e. The molecular weight excluding hydrogens is 130 g/mol. The number of hydrogen-bond donors (Lipinski definition) is 0. The Bertz CT molecular complexity index is 69.3. The summed E-state index contributed by atoms with van der Waals surface area (Å²) in [6.07, 6.45) is 0.914. The minimum Gasteiger partial charge on any atom is -0.304 e. The smallest absolute Gasteiger partial charge is 0.0304 e. The third-order valence-corrected chi connectivity index (χ3v) is 1.63. The van der Waals surface area contributed by atoms with Gasteiger partial charge in [-0.3, -0.25) is 0 Å². The predicted octanol–water partition coefficient (Wildman–Crippen LogP) is 1.59. The molecule has 0 heterocycles. The lowest BCUT2D eigenvalue weighted by atomic mass is 10.4. The van der Waals surface area contributed by atoms with E-state index in [1.165, 1.54) is 0 Å². The molecule has 0 aliphatic carbocycles. The lowest BCUT2D eigenvalue weighted by Crippen LogP contribution is -2.23. The fourth-order valence-electron chi connectivity index (χ4n) is 0.744. The Balaban J connectivity index is 3.19. The third-order valence-electron chi connectivity index (χ3n) is 1.42. The molecule has 0 amide bonds. The van der Waals surface area contributed by atoms with Crippen molar-refractivity contribution >= 4 is 17.6 Å². The molecular formula is C7H14NS. The highest BCUT2D eigenvalue weighted by Crippen LogP contribution is 1.87. The molecule has 0 aromatic rings. The van der Waals surface area contributed by atoms with Gasteiger partial charge in [0.2, 0.25) is 0 Å². The van der Waals surface area contributed by atoms with Gasteiger partial charge in [0.05, 0.1) is 0 Å². The van der Waals surface area contributed by atoms with Crippen LogP contribution in [-0.4, -0.2) is 29.9 Å². The zero-order valence-corrected chi connectivity index (χ0v) is 7.00. The molecule has 0 aromatic heterocycles. The van der Waals surface area contributed by atoms with Crippen molar-refractivity contribution in [1.82, 2.24) is 4.90 Å². The van der Waals surface area contributed by atoms with Gasteiger partial charge in [-0.1, -0.05) is 26.1 Å². The predicted molar refractivity (Wildman–Crippen MR) is 45.0 cm³/mol. The number of rotatable bonds is 5. The molecule has 0 rings (SSSR count). The molecule has 0 fully saturated rings. The molecule has 0 aromatic carbocycles. The first-order valence-corrected chi connectivity index (χ1v) is 3.83. The van der Waals surface area contributed by atoms with E-state index in [4.69, 9.17) is 0 Å². The first-order chi connectivity index (χ1) is 4.35. The second-order valence-electron chi connectivity index (χ2n) is 1.92. The lowest BCUT2D eigenvalue weighted by molar-refractivity contribution is 0.314. The summed E-state index contributed by atoms with van der Waals surface area (Å²) in [5.74, 6) is 0. The van der Waals surface area contributed by atoms with Crippen molar-refractivity contribution in [2.75, 3.05) is 19.6 Å². The van der Waals surface area contributed by atoms with Crippen LogP contribution in [0.1, 0.15) is 20.3 Å². The summed E-state index contributed by atoms with van der Waals surface area (Å²) in [5.41, 5.74) is 0. The van der Waals surface area contributed by atoms with E-state index < -0.39 is 0 Å². The van der Waals surface area contributed by atoms with E-state index in [9.17, 15) is 0 Å². The zero-order valence-electron chi connectivity index (χ0n) is 6.18. The van der Waals surface area contributed by atoms with Crippen LogP contribution < -0.4 is 0 Å². The molecule has 9 heavy (non-hydrogen) atoms. The Labute approximate surface area is 63.0 Å². The van der Waals surface area contributed by atoms with Crippen LogP contribution in [0.2, 0.25) is 0 Å². The third kappa shape index (κ3) is 4.55. The summed E-state index contributed by atoms with van der Waals surface area (Å²) in [4.78, 5) is 2.33. The van der Waals surface area contributed by atoms with E-state index in [0.29, 0.717) is 0 Å². The van der Waals surface area contributed by atoms with Gasteiger partial charge in [-0.2, -0.15) is 0 Å². The molecule has 0 unspecified atom stereocenters. The van der Waals surface area contributed by atoms with E-state index in [2.05, 4.69) is 36.3 Å². The molecule has 2 heteroatoms. The van der Waals surface area contributed by atoms with Gasteiger partial charge in [0.25, 0.3) is 0 Å². The fraction of sp³-hybridized carbons (Fsp3) is 0.857. The van der Waals surface area contributed by atoms with Crippen molar-refractivity contribution in [3.05, 3.63) is 0 Å². The van der Waals surface area contributed by atoms with Crippen LogP contribution in [0, 0.1) is 0 Å². The molecule has 0 atom stereocenters. The molecule has 1 nitrogen and oxygen atoms in total. The summed E-state index contributed by atoms with van der Waals surface area (Å²) in [5, 5.41) is 2.71. The normalized spacial score (nSPS) is 10.1. The Morgan fingerprint density at radius 3 is 2.22 bits per heavy atom. The van der Waals surface area contributed by atoms with Gasteiger partial charge in [0.15, 0.2) is 0 Å². The Morgan fingerprint density at radius 1 is 1.33 bits per heavy atom. The molecule has 0 N–H and O–H groups in total. The Kier molecular flexibility index (Phi) is 6.21. The highest BCUT2D eigenvalue weighted by atomic mass is 32.1. The first-order valence-electron chi connectivity index (χ1n) is 3.42. The lowest BCUT2D eigenvalue weighted by Gasteiger charge is -2.15. The van der Waals surface area contributed by atoms with Gasteiger partial charge in [0.1, 0.15) is 0 Å². The van der Waals surface area contributed by atoms with Gasteiger partial charge in [-0.05, 0) is 19.5 Å². The molecule has 0 saturated carbocycles. The largest absolute Gasteiger partial charge is 0.304 e. The molecule has 0 aliphatic heterocycles. The van der Waals surface area contributed by atoms with E-state index in [0.717, 1.165) is 26.1 Å². The van der Waals surface area contributed by atoms with Gasteiger partial charge in [0, 0.05) is 11.9 Å². The Morgan fingerprint density at radius 2 is 1.89 bits per heavy atom. The van der Waals surface area contributed by atoms with Crippen molar-refractivity contribution in [1.29, 1.82) is 0 Å². The van der Waals surface area contributed by atoms with Crippen molar-refractivity contribution in [3.63, 3.8) is 0 Å². The van der Waals surface area contributed by atoms with Crippen LogP contribution in [0.5, 0.6) is 0 Å². The van der Waals surface area contributed by atoms with Crippen LogP contribution >= 0.6 is 12.2 Å². The van der Waals surface area contributed by atoms with Gasteiger partial charge in [-0.15, -0.1) is 0 Å². The molecule has 53 valence electrons. The summed E-state index contributed by atoms with van der Waals surface area (Å²) in [7, 11) is 0. The summed E-state index contributed by atoms with van der Waals surface area (Å²) in [6.45, 7) is 7.62. The second kappa shape index (κ2) is 6.17. The van der Waals surface area contributed by atoms with Gasteiger partial charge < -0.3 is 4.90 Å². The monoisotopic (exact) mass is 144 g/mol. The zero-order chi connectivity index (χ0) is 7.11. The average Bonchev–Trinajstić information content (AvgIpc) is 1.91. The van der Waals surface area contributed by atoms with Crippen LogP contribution in [0.25, 0.3) is 0 Å². The van der Waals surface area contributed by atoms with E-state index in [-0.39, 0.29) is 0 Å². The average molecular weight is 144 g/mol. The van der Waals surface area contributed by atoms with Crippen LogP contribution in [-0.2, 0) is 0 Å². The number of thiocarbonyl (C=S) groups is 1. The quantitative estimate of drug-likeness (QED) is 0.539. The number of nitrogens with zero attached hydrogens (tertiary/aromatic N) is 1. The summed E-state index contributed by atoms with van der Waals surface area (Å²) in [6, 6.07) is 0. The molecule has 0 bridgehead atoms. The summed E-state index contributed by atoms with van der Waals surface area (Å²) < 4.78 is 0. The van der Waals surface area contributed by atoms with Crippen molar-refractivity contribution in [3.8, 4) is 0 Å². The number of hydrogen-bond acceptors (Lipinski definition) is 2. The molecule has 0 saturated heterocycles. The molecule has 0 spiro atoms. The van der Waals surface area contributed by atoms with E-state index in [1.807, 2.05) is 0 Å². The van der Waals surface area contributed by atoms with Crippen LogP contribution in [0.3, 0.4) is 0 Å². The highest BCUT2D eigenvalue weighted by Gasteiger charge is 1.94. The van der Waals surface area contributed by atoms with E-state index in [1.54, 1.807) is 0 Å². The van der Waals surface area contributed by atoms with Gasteiger partial charge >= 0.3 is 0 Å². The topological polar surface area (TPSA) is 3.24 Å². The van der Waals surface area contributed by atoms with Crippen LogP contribution in [0.4, 0.5) is 0 Å². The van der Waals surface area contributed by atoms with Gasteiger partial charge in [-0.25, -0.2) is 0 Å². The first kappa shape index (κ1) is 9.05. The second-order valence-corrected chi connectivity index (χ2v) is 2.21. The van der Waals surface area contributed by atoms with Crippen molar-refractivity contribution in [2.24, 2.45) is 0 Å². The highest BCUT2D eigenvalue weighted by molar-refractivity contribution is 7.78. The SMILES string of the molecule is CCN(CC)CC[C]=S. The maximum atomic E-state index is 4.59. The minimum atomic E-state index is 0.914.